The average Bonchev–Trinajstić information content (AvgIpc) is 3.15. The van der Waals surface area contributed by atoms with E-state index in [2.05, 4.69) is 15.2 Å². The SMILES string of the molecule is Cc1nc(CCN(C)C(=O)c2c(C)nn(-c3ccc(F)cc3)c2C)no1. The summed E-state index contributed by atoms with van der Waals surface area (Å²) in [7, 11) is 1.73. The minimum atomic E-state index is -0.317. The van der Waals surface area contributed by atoms with E-state index in [1.165, 1.54) is 12.1 Å². The van der Waals surface area contributed by atoms with Gasteiger partial charge >= 0.3 is 0 Å². The average molecular weight is 357 g/mol. The van der Waals surface area contributed by atoms with E-state index in [1.807, 2.05) is 6.92 Å². The molecule has 0 bridgehead atoms. The highest BCUT2D eigenvalue weighted by atomic mass is 19.1. The number of benzene rings is 1. The van der Waals surface area contributed by atoms with E-state index >= 15 is 0 Å². The number of hydrogen-bond donors (Lipinski definition) is 0. The van der Waals surface area contributed by atoms with Crippen molar-refractivity contribution in [2.45, 2.75) is 27.2 Å². The smallest absolute Gasteiger partial charge is 0.257 e. The minimum Gasteiger partial charge on any atom is -0.341 e. The third kappa shape index (κ3) is 3.49. The van der Waals surface area contributed by atoms with Gasteiger partial charge in [-0.3, -0.25) is 4.79 Å². The van der Waals surface area contributed by atoms with Crippen molar-refractivity contribution in [1.82, 2.24) is 24.8 Å². The molecule has 1 aromatic carbocycles. The number of amides is 1. The lowest BCUT2D eigenvalue weighted by Crippen LogP contribution is -2.30. The molecule has 0 unspecified atom stereocenters. The Bertz CT molecular complexity index is 930. The second-order valence-electron chi connectivity index (χ2n) is 6.14. The van der Waals surface area contributed by atoms with E-state index in [0.717, 1.165) is 0 Å². The van der Waals surface area contributed by atoms with Gasteiger partial charge in [-0.15, -0.1) is 0 Å². The molecule has 0 N–H and O–H groups in total. The molecule has 0 fully saturated rings. The van der Waals surface area contributed by atoms with E-state index in [4.69, 9.17) is 4.52 Å². The molecular formula is C18H20FN5O2. The minimum absolute atomic E-state index is 0.131. The third-order valence-electron chi connectivity index (χ3n) is 4.16. The van der Waals surface area contributed by atoms with Gasteiger partial charge in [0.2, 0.25) is 5.89 Å². The van der Waals surface area contributed by atoms with E-state index in [-0.39, 0.29) is 11.7 Å². The third-order valence-corrected chi connectivity index (χ3v) is 4.16. The maximum atomic E-state index is 13.1. The number of rotatable bonds is 5. The zero-order chi connectivity index (χ0) is 18.8. The first-order chi connectivity index (χ1) is 12.4. The largest absolute Gasteiger partial charge is 0.341 e. The van der Waals surface area contributed by atoms with E-state index < -0.39 is 0 Å². The summed E-state index contributed by atoms with van der Waals surface area (Å²) >= 11 is 0. The molecule has 7 nitrogen and oxygen atoms in total. The van der Waals surface area contributed by atoms with Crippen LogP contribution < -0.4 is 0 Å². The Morgan fingerprint density at radius 2 is 1.92 bits per heavy atom. The Balaban J connectivity index is 1.79. The molecule has 136 valence electrons. The monoisotopic (exact) mass is 357 g/mol. The number of carbonyl (C=O) groups is 1. The van der Waals surface area contributed by atoms with Crippen LogP contribution in [0.4, 0.5) is 4.39 Å². The first-order valence-corrected chi connectivity index (χ1v) is 8.23. The van der Waals surface area contributed by atoms with Gasteiger partial charge in [0.15, 0.2) is 5.82 Å². The molecule has 2 aromatic heterocycles. The van der Waals surface area contributed by atoms with Gasteiger partial charge in [0.05, 0.1) is 22.6 Å². The van der Waals surface area contributed by atoms with E-state index in [1.54, 1.807) is 42.6 Å². The summed E-state index contributed by atoms with van der Waals surface area (Å²) in [5.41, 5.74) is 2.58. The van der Waals surface area contributed by atoms with Crippen LogP contribution in [0.2, 0.25) is 0 Å². The summed E-state index contributed by atoms with van der Waals surface area (Å²) in [6.45, 7) is 5.80. The van der Waals surface area contributed by atoms with Gasteiger partial charge in [0, 0.05) is 26.9 Å². The Hall–Kier alpha value is -3.03. The van der Waals surface area contributed by atoms with Gasteiger partial charge in [-0.1, -0.05) is 5.16 Å². The molecule has 0 aliphatic heterocycles. The number of aromatic nitrogens is 4. The van der Waals surface area contributed by atoms with Crippen molar-refractivity contribution >= 4 is 5.91 Å². The van der Waals surface area contributed by atoms with Crippen LogP contribution in [-0.4, -0.2) is 44.3 Å². The Kier molecular flexibility index (Phi) is 4.83. The second-order valence-corrected chi connectivity index (χ2v) is 6.14. The molecule has 2 heterocycles. The fourth-order valence-corrected chi connectivity index (χ4v) is 2.79. The van der Waals surface area contributed by atoms with Crippen LogP contribution in [0.1, 0.15) is 33.5 Å². The highest BCUT2D eigenvalue weighted by molar-refractivity contribution is 5.96. The lowest BCUT2D eigenvalue weighted by Gasteiger charge is -2.16. The lowest BCUT2D eigenvalue weighted by molar-refractivity contribution is 0.0794. The highest BCUT2D eigenvalue weighted by Crippen LogP contribution is 2.19. The van der Waals surface area contributed by atoms with Crippen molar-refractivity contribution in [3.63, 3.8) is 0 Å². The van der Waals surface area contributed by atoms with Crippen LogP contribution in [0.15, 0.2) is 28.8 Å². The number of aryl methyl sites for hydroxylation is 2. The van der Waals surface area contributed by atoms with Crippen molar-refractivity contribution in [3.05, 3.63) is 58.7 Å². The van der Waals surface area contributed by atoms with Gasteiger partial charge in [-0.25, -0.2) is 9.07 Å². The summed E-state index contributed by atoms with van der Waals surface area (Å²) < 4.78 is 19.7. The number of carbonyl (C=O) groups excluding carboxylic acids is 1. The molecule has 3 rings (SSSR count). The van der Waals surface area contributed by atoms with Crippen LogP contribution in [0.5, 0.6) is 0 Å². The normalized spacial score (nSPS) is 11.0. The van der Waals surface area contributed by atoms with Crippen molar-refractivity contribution in [2.24, 2.45) is 0 Å². The van der Waals surface area contributed by atoms with Gasteiger partial charge < -0.3 is 9.42 Å². The van der Waals surface area contributed by atoms with Gasteiger partial charge in [-0.05, 0) is 38.1 Å². The predicted molar refractivity (Wildman–Crippen MR) is 92.7 cm³/mol. The highest BCUT2D eigenvalue weighted by Gasteiger charge is 2.22. The van der Waals surface area contributed by atoms with Crippen LogP contribution in [-0.2, 0) is 6.42 Å². The maximum Gasteiger partial charge on any atom is 0.257 e. The Morgan fingerprint density at radius 1 is 1.23 bits per heavy atom. The second kappa shape index (κ2) is 7.07. The van der Waals surface area contributed by atoms with Gasteiger partial charge in [0.1, 0.15) is 5.82 Å². The van der Waals surface area contributed by atoms with E-state index in [0.29, 0.717) is 47.3 Å². The molecule has 0 saturated carbocycles. The van der Waals surface area contributed by atoms with Crippen molar-refractivity contribution in [2.75, 3.05) is 13.6 Å². The molecule has 0 spiro atoms. The van der Waals surface area contributed by atoms with Crippen LogP contribution >= 0.6 is 0 Å². The van der Waals surface area contributed by atoms with Crippen LogP contribution in [0.3, 0.4) is 0 Å². The zero-order valence-electron chi connectivity index (χ0n) is 15.2. The lowest BCUT2D eigenvalue weighted by atomic mass is 10.1. The molecule has 0 atom stereocenters. The Morgan fingerprint density at radius 3 is 2.54 bits per heavy atom. The topological polar surface area (TPSA) is 77.1 Å². The van der Waals surface area contributed by atoms with Crippen molar-refractivity contribution in [1.29, 1.82) is 0 Å². The van der Waals surface area contributed by atoms with Crippen LogP contribution in [0, 0.1) is 26.6 Å². The standard InChI is InChI=1S/C18H20FN5O2/c1-11-17(12(2)24(21-11)15-7-5-14(19)6-8-15)18(25)23(4)10-9-16-20-13(3)26-22-16/h5-8H,9-10H2,1-4H3. The molecule has 1 amide bonds. The molecule has 0 saturated heterocycles. The number of hydrogen-bond acceptors (Lipinski definition) is 5. The quantitative estimate of drug-likeness (QED) is 0.701. The fourth-order valence-electron chi connectivity index (χ4n) is 2.79. The van der Waals surface area contributed by atoms with E-state index in [9.17, 15) is 9.18 Å². The van der Waals surface area contributed by atoms with Gasteiger partial charge in [0.25, 0.3) is 5.91 Å². The summed E-state index contributed by atoms with van der Waals surface area (Å²) in [6, 6.07) is 6.00. The number of nitrogens with zero attached hydrogens (tertiary/aromatic N) is 5. The first kappa shape index (κ1) is 17.8. The molecule has 0 aliphatic carbocycles. The Labute approximate surface area is 150 Å². The first-order valence-electron chi connectivity index (χ1n) is 8.23. The summed E-state index contributed by atoms with van der Waals surface area (Å²) in [5, 5.41) is 8.28. The van der Waals surface area contributed by atoms with Crippen LogP contribution in [0.25, 0.3) is 5.69 Å². The zero-order valence-corrected chi connectivity index (χ0v) is 15.2. The van der Waals surface area contributed by atoms with Crippen molar-refractivity contribution < 1.29 is 13.7 Å². The molecule has 8 heteroatoms. The van der Waals surface area contributed by atoms with Crippen molar-refractivity contribution in [3.8, 4) is 5.69 Å². The predicted octanol–water partition coefficient (Wildman–Crippen LogP) is 2.63. The molecule has 0 aliphatic rings. The summed E-state index contributed by atoms with van der Waals surface area (Å²) in [4.78, 5) is 18.6. The molecule has 3 aromatic rings. The number of halogens is 1. The molecule has 26 heavy (non-hydrogen) atoms. The number of likely N-dealkylation sites (N-methyl/N-ethyl adjacent to an activating group) is 1. The summed E-state index contributed by atoms with van der Waals surface area (Å²) in [6.07, 6.45) is 0.504. The maximum absolute atomic E-state index is 13.1. The molecular weight excluding hydrogens is 337 g/mol. The summed E-state index contributed by atoms with van der Waals surface area (Å²) in [5.74, 6) is 0.621. The van der Waals surface area contributed by atoms with Gasteiger partial charge in [-0.2, -0.15) is 10.1 Å². The molecule has 0 radical (unpaired) electrons. The fraction of sp³-hybridized carbons (Fsp3) is 0.333.